The summed E-state index contributed by atoms with van der Waals surface area (Å²) in [7, 11) is 1.39. The van der Waals surface area contributed by atoms with Crippen LogP contribution in [0.4, 0.5) is 5.13 Å². The number of hydrogen-bond acceptors (Lipinski definition) is 6. The molecule has 0 atom stereocenters. The number of nitrogens with zero attached hydrogens (tertiary/aromatic N) is 2. The van der Waals surface area contributed by atoms with Crippen molar-refractivity contribution in [2.75, 3.05) is 12.4 Å². The number of ether oxygens (including phenoxy) is 1. The van der Waals surface area contributed by atoms with Gasteiger partial charge in [-0.2, -0.15) is 0 Å². The van der Waals surface area contributed by atoms with Crippen LogP contribution < -0.4 is 5.32 Å². The van der Waals surface area contributed by atoms with E-state index in [0.29, 0.717) is 18.0 Å². The van der Waals surface area contributed by atoms with Gasteiger partial charge in [0.1, 0.15) is 5.01 Å². The molecule has 2 rings (SSSR count). The zero-order valence-corrected chi connectivity index (χ0v) is 15.6. The smallest absolute Gasteiger partial charge is 0.305 e. The third kappa shape index (κ3) is 7.57. The van der Waals surface area contributed by atoms with E-state index in [9.17, 15) is 9.59 Å². The molecule has 0 aliphatic heterocycles. The van der Waals surface area contributed by atoms with Crippen LogP contribution >= 0.6 is 11.3 Å². The number of carbonyl (C=O) groups is 2. The molecule has 138 valence electrons. The zero-order valence-electron chi connectivity index (χ0n) is 14.8. The number of carbonyl (C=O) groups excluding carboxylic acids is 2. The van der Waals surface area contributed by atoms with E-state index in [4.69, 9.17) is 0 Å². The van der Waals surface area contributed by atoms with E-state index in [0.717, 1.165) is 36.3 Å². The molecule has 0 saturated carbocycles. The summed E-state index contributed by atoms with van der Waals surface area (Å²) >= 11 is 1.34. The van der Waals surface area contributed by atoms with Crippen LogP contribution in [0, 0.1) is 0 Å². The average Bonchev–Trinajstić information content (AvgIpc) is 3.10. The summed E-state index contributed by atoms with van der Waals surface area (Å²) in [6, 6.07) is 9.92. The summed E-state index contributed by atoms with van der Waals surface area (Å²) in [6.07, 6.45) is 8.11. The highest BCUT2D eigenvalue weighted by atomic mass is 32.1. The van der Waals surface area contributed by atoms with Crippen molar-refractivity contribution in [2.24, 2.45) is 0 Å². The molecule has 0 aliphatic carbocycles. The number of nitrogens with one attached hydrogen (secondary N) is 1. The molecule has 0 aliphatic rings. The molecule has 1 heterocycles. The Hall–Kier alpha value is -2.54. The minimum atomic E-state index is -0.184. The summed E-state index contributed by atoms with van der Waals surface area (Å²) in [5.74, 6) is -0.246. The second-order valence-corrected chi connectivity index (χ2v) is 6.74. The summed E-state index contributed by atoms with van der Waals surface area (Å²) in [5, 5.41) is 12.1. The molecular weight excluding hydrogens is 350 g/mol. The molecule has 1 N–H and O–H groups in total. The third-order valence-corrected chi connectivity index (χ3v) is 4.47. The number of amides is 1. The number of hydrogen-bond donors (Lipinski definition) is 1. The highest BCUT2D eigenvalue weighted by Gasteiger charge is 2.07. The van der Waals surface area contributed by atoms with Gasteiger partial charge in [-0.3, -0.25) is 9.59 Å². The molecule has 0 spiro atoms. The van der Waals surface area contributed by atoms with Gasteiger partial charge in [-0.15, -0.1) is 10.2 Å². The number of methoxy groups -OCH3 is 1. The summed E-state index contributed by atoms with van der Waals surface area (Å²) in [6.45, 7) is 0. The molecule has 1 aromatic carbocycles. The molecule has 6 nitrogen and oxygen atoms in total. The van der Waals surface area contributed by atoms with Gasteiger partial charge in [0.2, 0.25) is 11.0 Å². The molecule has 0 unspecified atom stereocenters. The lowest BCUT2D eigenvalue weighted by atomic mass is 10.1. The van der Waals surface area contributed by atoms with Gasteiger partial charge in [-0.25, -0.2) is 0 Å². The van der Waals surface area contributed by atoms with Gasteiger partial charge in [0.05, 0.1) is 7.11 Å². The Morgan fingerprint density at radius 2 is 1.77 bits per heavy atom. The van der Waals surface area contributed by atoms with Gasteiger partial charge in [0.25, 0.3) is 0 Å². The summed E-state index contributed by atoms with van der Waals surface area (Å²) in [4.78, 5) is 22.9. The van der Waals surface area contributed by atoms with Gasteiger partial charge in [-0.05, 0) is 24.5 Å². The first-order valence-corrected chi connectivity index (χ1v) is 9.42. The van der Waals surface area contributed by atoms with Crippen LogP contribution in [-0.2, 0) is 14.3 Å². The van der Waals surface area contributed by atoms with Crippen molar-refractivity contribution in [3.8, 4) is 0 Å². The van der Waals surface area contributed by atoms with Crippen molar-refractivity contribution < 1.29 is 14.3 Å². The Kier molecular flexibility index (Phi) is 8.48. The van der Waals surface area contributed by atoms with E-state index in [-0.39, 0.29) is 11.9 Å². The minimum absolute atomic E-state index is 0.0623. The molecule has 2 aromatic rings. The van der Waals surface area contributed by atoms with E-state index in [1.165, 1.54) is 18.4 Å². The Morgan fingerprint density at radius 1 is 1.04 bits per heavy atom. The first kappa shape index (κ1) is 19.8. The summed E-state index contributed by atoms with van der Waals surface area (Å²) in [5.41, 5.74) is 1.08. The first-order valence-electron chi connectivity index (χ1n) is 8.60. The van der Waals surface area contributed by atoms with E-state index >= 15 is 0 Å². The lowest BCUT2D eigenvalue weighted by Gasteiger charge is -2.02. The highest BCUT2D eigenvalue weighted by Crippen LogP contribution is 2.18. The van der Waals surface area contributed by atoms with Crippen molar-refractivity contribution in [1.29, 1.82) is 0 Å². The van der Waals surface area contributed by atoms with Crippen molar-refractivity contribution in [3.05, 3.63) is 40.9 Å². The number of unbranched alkanes of at least 4 members (excludes halogenated alkanes) is 3. The van der Waals surface area contributed by atoms with Crippen LogP contribution in [0.3, 0.4) is 0 Å². The van der Waals surface area contributed by atoms with Crippen molar-refractivity contribution in [1.82, 2.24) is 10.2 Å². The molecule has 0 fully saturated rings. The van der Waals surface area contributed by atoms with E-state index in [1.807, 2.05) is 42.5 Å². The van der Waals surface area contributed by atoms with E-state index < -0.39 is 0 Å². The molecule has 7 heteroatoms. The zero-order chi connectivity index (χ0) is 18.6. The van der Waals surface area contributed by atoms with Crippen LogP contribution in [0.2, 0.25) is 0 Å². The van der Waals surface area contributed by atoms with Gasteiger partial charge in [0, 0.05) is 12.8 Å². The van der Waals surface area contributed by atoms with Gasteiger partial charge >= 0.3 is 5.97 Å². The third-order valence-electron chi connectivity index (χ3n) is 3.67. The average molecular weight is 373 g/mol. The first-order chi connectivity index (χ1) is 12.7. The Bertz CT molecular complexity index is 729. The van der Waals surface area contributed by atoms with Gasteiger partial charge in [-0.1, -0.05) is 60.6 Å². The highest BCUT2D eigenvalue weighted by molar-refractivity contribution is 7.16. The largest absolute Gasteiger partial charge is 0.469 e. The lowest BCUT2D eigenvalue weighted by molar-refractivity contribution is -0.140. The molecular formula is C19H23N3O3S. The molecule has 0 radical (unpaired) electrons. The fourth-order valence-corrected chi connectivity index (χ4v) is 2.94. The van der Waals surface area contributed by atoms with E-state index in [1.54, 1.807) is 0 Å². The number of benzene rings is 1. The second-order valence-electron chi connectivity index (χ2n) is 5.73. The van der Waals surface area contributed by atoms with E-state index in [2.05, 4.69) is 20.3 Å². The number of esters is 1. The maximum atomic E-state index is 11.9. The fourth-order valence-electron chi connectivity index (χ4n) is 2.28. The predicted molar refractivity (Wildman–Crippen MR) is 104 cm³/mol. The topological polar surface area (TPSA) is 81.2 Å². The maximum absolute atomic E-state index is 11.9. The standard InChI is InChI=1S/C19H23N3O3S/c1-25-18(24)12-8-3-2-7-11-16(23)20-19-22-21-17(26-19)14-13-15-9-5-4-6-10-15/h4-6,9-10,13-14H,2-3,7-8,11-12H2,1H3,(H,20,22,23)/b14-13+. The predicted octanol–water partition coefficient (Wildman–Crippen LogP) is 4.16. The van der Waals surface area contributed by atoms with Crippen molar-refractivity contribution in [3.63, 3.8) is 0 Å². The van der Waals surface area contributed by atoms with Gasteiger partial charge < -0.3 is 10.1 Å². The van der Waals surface area contributed by atoms with Crippen LogP contribution in [0.1, 0.15) is 49.1 Å². The van der Waals surface area contributed by atoms with Crippen LogP contribution in [-0.4, -0.2) is 29.2 Å². The Labute approximate surface area is 157 Å². The Morgan fingerprint density at radius 3 is 2.50 bits per heavy atom. The Balaban J connectivity index is 1.66. The second kappa shape index (κ2) is 11.1. The number of anilines is 1. The molecule has 1 amide bonds. The number of aromatic nitrogens is 2. The quantitative estimate of drug-likeness (QED) is 0.499. The molecule has 26 heavy (non-hydrogen) atoms. The molecule has 1 aromatic heterocycles. The molecule has 0 bridgehead atoms. The van der Waals surface area contributed by atoms with Crippen molar-refractivity contribution in [2.45, 2.75) is 38.5 Å². The number of rotatable bonds is 10. The van der Waals surface area contributed by atoms with Crippen LogP contribution in [0.5, 0.6) is 0 Å². The fraction of sp³-hybridized carbons (Fsp3) is 0.368. The lowest BCUT2D eigenvalue weighted by Crippen LogP contribution is -2.10. The van der Waals surface area contributed by atoms with Crippen molar-refractivity contribution >= 4 is 40.5 Å². The molecule has 0 saturated heterocycles. The SMILES string of the molecule is COC(=O)CCCCCCC(=O)Nc1nnc(/C=C/c2ccccc2)s1. The minimum Gasteiger partial charge on any atom is -0.469 e. The summed E-state index contributed by atoms with van der Waals surface area (Å²) < 4.78 is 4.59. The van der Waals surface area contributed by atoms with Gasteiger partial charge in [0.15, 0.2) is 0 Å². The van der Waals surface area contributed by atoms with Crippen LogP contribution in [0.15, 0.2) is 30.3 Å². The van der Waals surface area contributed by atoms with Crippen LogP contribution in [0.25, 0.3) is 12.2 Å². The normalized spacial score (nSPS) is 10.8. The monoisotopic (exact) mass is 373 g/mol. The maximum Gasteiger partial charge on any atom is 0.305 e.